The predicted octanol–water partition coefficient (Wildman–Crippen LogP) is 3.21. The minimum atomic E-state index is 0.0130. The molecule has 1 saturated carbocycles. The Hall–Kier alpha value is -1.31. The molecule has 4 atom stereocenters. The highest BCUT2D eigenvalue weighted by molar-refractivity contribution is 5.73. The minimum Gasteiger partial charge on any atom is -0.461 e. The topological polar surface area (TPSA) is 26.3 Å². The van der Waals surface area contributed by atoms with Crippen molar-refractivity contribution in [2.75, 3.05) is 0 Å². The van der Waals surface area contributed by atoms with Crippen LogP contribution in [0.2, 0.25) is 0 Å². The van der Waals surface area contributed by atoms with Gasteiger partial charge in [0.1, 0.15) is 6.10 Å². The first-order valence-corrected chi connectivity index (χ1v) is 7.00. The number of benzene rings is 1. The van der Waals surface area contributed by atoms with Gasteiger partial charge in [0.05, 0.1) is 5.92 Å². The largest absolute Gasteiger partial charge is 0.461 e. The summed E-state index contributed by atoms with van der Waals surface area (Å²) in [7, 11) is 0. The van der Waals surface area contributed by atoms with Crippen molar-refractivity contribution < 1.29 is 9.53 Å². The number of hydrogen-bond donors (Lipinski definition) is 0. The van der Waals surface area contributed by atoms with Gasteiger partial charge in [-0.25, -0.2) is 0 Å². The summed E-state index contributed by atoms with van der Waals surface area (Å²) in [6, 6.07) is 10.4. The van der Waals surface area contributed by atoms with E-state index in [0.717, 1.165) is 6.42 Å². The van der Waals surface area contributed by atoms with Crippen molar-refractivity contribution in [3.05, 3.63) is 35.9 Å². The van der Waals surface area contributed by atoms with Gasteiger partial charge in [0.2, 0.25) is 0 Å². The average molecular weight is 244 g/mol. The van der Waals surface area contributed by atoms with Crippen LogP contribution in [0.25, 0.3) is 0 Å². The normalized spacial score (nSPS) is 35.1. The summed E-state index contributed by atoms with van der Waals surface area (Å²) in [6.07, 6.45) is 4.65. The molecule has 1 aliphatic heterocycles. The zero-order chi connectivity index (χ0) is 12.5. The summed E-state index contributed by atoms with van der Waals surface area (Å²) >= 11 is 0. The number of ether oxygens (including phenoxy) is 1. The number of esters is 1. The fourth-order valence-electron chi connectivity index (χ4n) is 3.66. The Kier molecular flexibility index (Phi) is 3.11. The van der Waals surface area contributed by atoms with E-state index in [1.807, 2.05) is 13.0 Å². The molecule has 0 amide bonds. The zero-order valence-corrected chi connectivity index (χ0v) is 10.8. The molecule has 0 unspecified atom stereocenters. The maximum Gasteiger partial charge on any atom is 0.309 e. The third-order valence-electron chi connectivity index (χ3n) is 4.66. The first kappa shape index (κ1) is 11.8. The van der Waals surface area contributed by atoms with E-state index in [9.17, 15) is 4.79 Å². The first-order chi connectivity index (χ1) is 8.75. The Morgan fingerprint density at radius 2 is 1.89 bits per heavy atom. The van der Waals surface area contributed by atoms with Crippen molar-refractivity contribution in [2.24, 2.45) is 17.8 Å². The van der Waals surface area contributed by atoms with Crippen LogP contribution in [-0.2, 0) is 16.0 Å². The standard InChI is InChI=1S/C16H20O2/c1-11-13-8-5-9-14(13)15(18-16(11)17)10-12-6-3-2-4-7-12/h2-4,6-7,11,13-15H,5,8-10H2,1H3/t11-,13+,14-,15+/m0/s1. The summed E-state index contributed by atoms with van der Waals surface area (Å²) in [5.41, 5.74) is 1.27. The van der Waals surface area contributed by atoms with E-state index >= 15 is 0 Å². The molecular weight excluding hydrogens is 224 g/mol. The van der Waals surface area contributed by atoms with Crippen molar-refractivity contribution in [3.63, 3.8) is 0 Å². The van der Waals surface area contributed by atoms with Crippen LogP contribution in [-0.4, -0.2) is 12.1 Å². The van der Waals surface area contributed by atoms with Crippen LogP contribution in [0.4, 0.5) is 0 Å². The van der Waals surface area contributed by atoms with E-state index in [-0.39, 0.29) is 18.0 Å². The molecule has 18 heavy (non-hydrogen) atoms. The number of fused-ring (bicyclic) bond motifs is 1. The van der Waals surface area contributed by atoms with Gasteiger partial charge in [0, 0.05) is 6.42 Å². The van der Waals surface area contributed by atoms with Crippen LogP contribution < -0.4 is 0 Å². The SMILES string of the molecule is C[C@@H]1C(=O)O[C@H](Cc2ccccc2)[C@H]2CCC[C@@H]21. The van der Waals surface area contributed by atoms with Gasteiger partial charge in [0.25, 0.3) is 0 Å². The molecular formula is C16H20O2. The van der Waals surface area contributed by atoms with E-state index in [0.29, 0.717) is 11.8 Å². The van der Waals surface area contributed by atoms with Gasteiger partial charge >= 0.3 is 5.97 Å². The van der Waals surface area contributed by atoms with Crippen LogP contribution in [0.3, 0.4) is 0 Å². The molecule has 0 N–H and O–H groups in total. The van der Waals surface area contributed by atoms with Gasteiger partial charge in [-0.3, -0.25) is 4.79 Å². The molecule has 2 nitrogen and oxygen atoms in total. The second-order valence-electron chi connectivity index (χ2n) is 5.71. The Labute approximate surface area is 108 Å². The average Bonchev–Trinajstić information content (AvgIpc) is 2.86. The molecule has 2 aliphatic rings. The molecule has 0 bridgehead atoms. The van der Waals surface area contributed by atoms with Crippen LogP contribution in [0.5, 0.6) is 0 Å². The van der Waals surface area contributed by atoms with Crippen LogP contribution in [0, 0.1) is 17.8 Å². The van der Waals surface area contributed by atoms with Gasteiger partial charge in [-0.1, -0.05) is 43.7 Å². The maximum absolute atomic E-state index is 11.9. The third kappa shape index (κ3) is 2.05. The van der Waals surface area contributed by atoms with Crippen LogP contribution in [0.15, 0.2) is 30.3 Å². The molecule has 96 valence electrons. The lowest BCUT2D eigenvalue weighted by Crippen LogP contribution is -2.42. The summed E-state index contributed by atoms with van der Waals surface area (Å²) < 4.78 is 5.68. The van der Waals surface area contributed by atoms with E-state index in [1.165, 1.54) is 24.8 Å². The Balaban J connectivity index is 1.77. The second-order valence-corrected chi connectivity index (χ2v) is 5.71. The lowest BCUT2D eigenvalue weighted by Gasteiger charge is -2.37. The fourth-order valence-corrected chi connectivity index (χ4v) is 3.66. The quantitative estimate of drug-likeness (QED) is 0.747. The molecule has 3 rings (SSSR count). The molecule has 0 radical (unpaired) electrons. The molecule has 1 aromatic carbocycles. The predicted molar refractivity (Wildman–Crippen MR) is 70.0 cm³/mol. The molecule has 1 heterocycles. The second kappa shape index (κ2) is 4.75. The highest BCUT2D eigenvalue weighted by Crippen LogP contribution is 2.44. The van der Waals surface area contributed by atoms with E-state index in [2.05, 4.69) is 24.3 Å². The number of cyclic esters (lactones) is 1. The highest BCUT2D eigenvalue weighted by atomic mass is 16.5. The molecule has 1 aliphatic carbocycles. The first-order valence-electron chi connectivity index (χ1n) is 7.00. The molecule has 0 aromatic heterocycles. The Bertz CT molecular complexity index is 426. The van der Waals surface area contributed by atoms with E-state index in [4.69, 9.17) is 4.74 Å². The third-order valence-corrected chi connectivity index (χ3v) is 4.66. The smallest absolute Gasteiger partial charge is 0.309 e. The molecule has 2 heteroatoms. The van der Waals surface area contributed by atoms with Crippen molar-refractivity contribution >= 4 is 5.97 Å². The monoisotopic (exact) mass is 244 g/mol. The number of carbonyl (C=O) groups is 1. The lowest BCUT2D eigenvalue weighted by molar-refractivity contribution is -0.169. The van der Waals surface area contributed by atoms with Gasteiger partial charge in [-0.15, -0.1) is 0 Å². The zero-order valence-electron chi connectivity index (χ0n) is 10.8. The highest BCUT2D eigenvalue weighted by Gasteiger charge is 2.45. The van der Waals surface area contributed by atoms with Gasteiger partial charge in [0.15, 0.2) is 0 Å². The Morgan fingerprint density at radius 1 is 1.17 bits per heavy atom. The van der Waals surface area contributed by atoms with Gasteiger partial charge in [-0.05, 0) is 30.2 Å². The summed E-state index contributed by atoms with van der Waals surface area (Å²) in [6.45, 7) is 2.03. The summed E-state index contributed by atoms with van der Waals surface area (Å²) in [5, 5.41) is 0. The van der Waals surface area contributed by atoms with Crippen LogP contribution >= 0.6 is 0 Å². The molecule has 0 spiro atoms. The number of carbonyl (C=O) groups excluding carboxylic acids is 1. The summed E-state index contributed by atoms with van der Waals surface area (Å²) in [5.74, 6) is 1.25. The van der Waals surface area contributed by atoms with E-state index in [1.54, 1.807) is 0 Å². The lowest BCUT2D eigenvalue weighted by atomic mass is 9.78. The maximum atomic E-state index is 11.9. The molecule has 1 aromatic rings. The van der Waals surface area contributed by atoms with Crippen molar-refractivity contribution in [3.8, 4) is 0 Å². The van der Waals surface area contributed by atoms with Gasteiger partial charge < -0.3 is 4.74 Å². The minimum absolute atomic E-state index is 0.0130. The number of hydrogen-bond acceptors (Lipinski definition) is 2. The van der Waals surface area contributed by atoms with Crippen molar-refractivity contribution in [1.29, 1.82) is 0 Å². The van der Waals surface area contributed by atoms with E-state index < -0.39 is 0 Å². The Morgan fingerprint density at radius 3 is 2.67 bits per heavy atom. The van der Waals surface area contributed by atoms with Crippen LogP contribution in [0.1, 0.15) is 31.7 Å². The van der Waals surface area contributed by atoms with Gasteiger partial charge in [-0.2, -0.15) is 0 Å². The van der Waals surface area contributed by atoms with Crippen molar-refractivity contribution in [2.45, 2.75) is 38.7 Å². The molecule has 1 saturated heterocycles. The fraction of sp³-hybridized carbons (Fsp3) is 0.562. The molecule has 2 fully saturated rings. The van der Waals surface area contributed by atoms with Crippen molar-refractivity contribution in [1.82, 2.24) is 0 Å². The number of rotatable bonds is 2. The summed E-state index contributed by atoms with van der Waals surface area (Å²) in [4.78, 5) is 11.9.